The van der Waals surface area contributed by atoms with Gasteiger partial charge in [-0.25, -0.2) is 4.79 Å². The number of hydrogen-bond acceptors (Lipinski definition) is 5. The third-order valence-corrected chi connectivity index (χ3v) is 3.86. The van der Waals surface area contributed by atoms with E-state index < -0.39 is 5.97 Å². The molecule has 0 bridgehead atoms. The van der Waals surface area contributed by atoms with Gasteiger partial charge < -0.3 is 10.5 Å². The molecule has 0 fully saturated rings. The molecule has 0 saturated heterocycles. The Kier molecular flexibility index (Phi) is 2.96. The number of rotatable bonds is 2. The lowest BCUT2D eigenvalue weighted by Crippen LogP contribution is -2.09. The second-order valence-electron chi connectivity index (χ2n) is 3.65. The number of thiophene rings is 1. The van der Waals surface area contributed by atoms with Crippen LogP contribution in [-0.4, -0.2) is 18.4 Å². The summed E-state index contributed by atoms with van der Waals surface area (Å²) in [5.74, 6) is -0.333. The minimum absolute atomic E-state index is 0.0912. The summed E-state index contributed by atoms with van der Waals surface area (Å²) in [4.78, 5) is 24.2. The number of ether oxygens (including phenoxy) is 1. The smallest absolute Gasteiger partial charge is 0.350 e. The van der Waals surface area contributed by atoms with Gasteiger partial charge in [0.2, 0.25) is 0 Å². The number of anilines is 1. The Morgan fingerprint density at radius 3 is 2.88 bits per heavy atom. The standard InChI is InChI=1S/C11H13NO3S/c1-2-15-11(14)10-8(12)6-4-3-5-7(13)9(6)16-10/h2-5,12H2,1H3. The Labute approximate surface area is 97.4 Å². The quantitative estimate of drug-likeness (QED) is 0.802. The van der Waals surface area contributed by atoms with E-state index in [1.54, 1.807) is 6.92 Å². The fraction of sp³-hybridized carbons (Fsp3) is 0.455. The normalized spacial score (nSPS) is 14.7. The molecule has 1 aromatic rings. The summed E-state index contributed by atoms with van der Waals surface area (Å²) in [6, 6.07) is 0. The van der Waals surface area contributed by atoms with E-state index in [9.17, 15) is 9.59 Å². The summed E-state index contributed by atoms with van der Waals surface area (Å²) >= 11 is 1.17. The Bertz CT molecular complexity index is 450. The molecule has 0 aliphatic heterocycles. The third kappa shape index (κ3) is 1.71. The highest BCUT2D eigenvalue weighted by Gasteiger charge is 2.27. The number of esters is 1. The molecule has 0 unspecified atom stereocenters. The molecular formula is C11H13NO3S. The maximum atomic E-state index is 11.6. The highest BCUT2D eigenvalue weighted by molar-refractivity contribution is 7.16. The molecule has 0 atom stereocenters. The molecule has 0 spiro atoms. The van der Waals surface area contributed by atoms with Crippen molar-refractivity contribution in [3.05, 3.63) is 15.3 Å². The first-order valence-electron chi connectivity index (χ1n) is 5.26. The van der Waals surface area contributed by atoms with Gasteiger partial charge >= 0.3 is 5.97 Å². The Morgan fingerprint density at radius 1 is 1.50 bits per heavy atom. The van der Waals surface area contributed by atoms with Crippen LogP contribution in [0.2, 0.25) is 0 Å². The zero-order chi connectivity index (χ0) is 11.7. The fourth-order valence-corrected chi connectivity index (χ4v) is 2.97. The first-order valence-corrected chi connectivity index (χ1v) is 6.08. The van der Waals surface area contributed by atoms with Crippen LogP contribution in [-0.2, 0) is 11.2 Å². The molecule has 0 radical (unpaired) electrons. The number of ketones is 1. The number of fused-ring (bicyclic) bond motifs is 1. The van der Waals surface area contributed by atoms with Crippen LogP contribution in [0.15, 0.2) is 0 Å². The number of carbonyl (C=O) groups excluding carboxylic acids is 2. The fourth-order valence-electron chi connectivity index (χ4n) is 1.84. The maximum absolute atomic E-state index is 11.6. The van der Waals surface area contributed by atoms with Gasteiger partial charge in [0.1, 0.15) is 4.88 Å². The van der Waals surface area contributed by atoms with E-state index >= 15 is 0 Å². The molecule has 1 heterocycles. The molecule has 1 aromatic heterocycles. The average molecular weight is 239 g/mol. The molecule has 16 heavy (non-hydrogen) atoms. The zero-order valence-corrected chi connectivity index (χ0v) is 9.86. The van der Waals surface area contributed by atoms with E-state index in [4.69, 9.17) is 10.5 Å². The van der Waals surface area contributed by atoms with Crippen LogP contribution in [0.1, 0.15) is 44.7 Å². The van der Waals surface area contributed by atoms with Gasteiger partial charge in [0.25, 0.3) is 0 Å². The van der Waals surface area contributed by atoms with Crippen LogP contribution in [0.5, 0.6) is 0 Å². The lowest BCUT2D eigenvalue weighted by molar-refractivity contribution is 0.0533. The van der Waals surface area contributed by atoms with Gasteiger partial charge in [-0.1, -0.05) is 0 Å². The molecule has 86 valence electrons. The van der Waals surface area contributed by atoms with Crippen LogP contribution in [0.3, 0.4) is 0 Å². The lowest BCUT2D eigenvalue weighted by atomic mass is 9.97. The van der Waals surface area contributed by atoms with E-state index in [1.807, 2.05) is 0 Å². The molecule has 4 nitrogen and oxygen atoms in total. The molecule has 2 rings (SSSR count). The predicted octanol–water partition coefficient (Wildman–Crippen LogP) is 2.03. The molecule has 2 N–H and O–H groups in total. The van der Waals surface area contributed by atoms with E-state index in [0.717, 1.165) is 18.4 Å². The van der Waals surface area contributed by atoms with Crippen molar-refractivity contribution < 1.29 is 14.3 Å². The van der Waals surface area contributed by atoms with Gasteiger partial charge in [0.15, 0.2) is 5.78 Å². The highest BCUT2D eigenvalue weighted by atomic mass is 32.1. The van der Waals surface area contributed by atoms with Crippen molar-refractivity contribution in [2.75, 3.05) is 12.3 Å². The van der Waals surface area contributed by atoms with E-state index in [-0.39, 0.29) is 5.78 Å². The first kappa shape index (κ1) is 11.1. The SMILES string of the molecule is CCOC(=O)c1sc2c(c1N)CCCC2=O. The number of nitrogens with two attached hydrogens (primary N) is 1. The van der Waals surface area contributed by atoms with Gasteiger partial charge in [-0.05, 0) is 25.3 Å². The van der Waals surface area contributed by atoms with Crippen molar-refractivity contribution >= 4 is 28.8 Å². The molecule has 5 heteroatoms. The van der Waals surface area contributed by atoms with Gasteiger partial charge in [-0.2, -0.15) is 0 Å². The van der Waals surface area contributed by atoms with E-state index in [0.29, 0.717) is 28.5 Å². The highest BCUT2D eigenvalue weighted by Crippen LogP contribution is 2.36. The predicted molar refractivity (Wildman–Crippen MR) is 62.0 cm³/mol. The second-order valence-corrected chi connectivity index (χ2v) is 4.67. The summed E-state index contributed by atoms with van der Waals surface area (Å²) in [5.41, 5.74) is 7.15. The Balaban J connectivity index is 2.42. The van der Waals surface area contributed by atoms with Crippen LogP contribution in [0.4, 0.5) is 5.69 Å². The number of Topliss-reactive ketones (excluding diaryl/α,β-unsaturated/α-hetero) is 1. The molecule has 1 aliphatic carbocycles. The maximum Gasteiger partial charge on any atom is 0.350 e. The van der Waals surface area contributed by atoms with Crippen LogP contribution >= 0.6 is 11.3 Å². The van der Waals surface area contributed by atoms with Gasteiger partial charge in [0.05, 0.1) is 17.2 Å². The monoisotopic (exact) mass is 239 g/mol. The summed E-state index contributed by atoms with van der Waals surface area (Å²) < 4.78 is 4.90. The third-order valence-electron chi connectivity index (χ3n) is 2.59. The molecule has 0 saturated carbocycles. The molecule has 1 aliphatic rings. The van der Waals surface area contributed by atoms with Crippen LogP contribution < -0.4 is 5.73 Å². The van der Waals surface area contributed by atoms with Gasteiger partial charge in [0, 0.05) is 6.42 Å². The van der Waals surface area contributed by atoms with E-state index in [1.165, 1.54) is 11.3 Å². The summed E-state index contributed by atoms with van der Waals surface area (Å²) in [7, 11) is 0. The van der Waals surface area contributed by atoms with Crippen molar-refractivity contribution in [2.45, 2.75) is 26.2 Å². The Hall–Kier alpha value is -1.36. The largest absolute Gasteiger partial charge is 0.462 e. The summed E-state index contributed by atoms with van der Waals surface area (Å²) in [5, 5.41) is 0. The average Bonchev–Trinajstić information content (AvgIpc) is 2.59. The Morgan fingerprint density at radius 2 is 2.25 bits per heavy atom. The van der Waals surface area contributed by atoms with Crippen LogP contribution in [0.25, 0.3) is 0 Å². The van der Waals surface area contributed by atoms with Crippen molar-refractivity contribution in [3.8, 4) is 0 Å². The van der Waals surface area contributed by atoms with Crippen LogP contribution in [0, 0.1) is 0 Å². The molecular weight excluding hydrogens is 226 g/mol. The van der Waals surface area contributed by atoms with Crippen molar-refractivity contribution in [2.24, 2.45) is 0 Å². The second kappa shape index (κ2) is 4.25. The minimum Gasteiger partial charge on any atom is -0.462 e. The first-order chi connectivity index (χ1) is 7.65. The lowest BCUT2D eigenvalue weighted by Gasteiger charge is -2.09. The summed E-state index contributed by atoms with van der Waals surface area (Å²) in [6.45, 7) is 2.06. The number of nitrogen functional groups attached to an aromatic ring is 1. The van der Waals surface area contributed by atoms with Crippen molar-refractivity contribution in [1.29, 1.82) is 0 Å². The number of hydrogen-bond donors (Lipinski definition) is 1. The molecule has 0 aromatic carbocycles. The molecule has 0 amide bonds. The van der Waals surface area contributed by atoms with Gasteiger partial charge in [-0.15, -0.1) is 11.3 Å². The topological polar surface area (TPSA) is 69.4 Å². The summed E-state index contributed by atoms with van der Waals surface area (Å²) in [6.07, 6.45) is 2.15. The number of carbonyl (C=O) groups is 2. The minimum atomic E-state index is -0.424. The van der Waals surface area contributed by atoms with Crippen molar-refractivity contribution in [3.63, 3.8) is 0 Å². The zero-order valence-electron chi connectivity index (χ0n) is 9.04. The van der Waals surface area contributed by atoms with E-state index in [2.05, 4.69) is 0 Å². The van der Waals surface area contributed by atoms with Crippen molar-refractivity contribution in [1.82, 2.24) is 0 Å². The van der Waals surface area contributed by atoms with Gasteiger partial charge in [-0.3, -0.25) is 4.79 Å².